The van der Waals surface area contributed by atoms with Gasteiger partial charge in [0, 0.05) is 5.56 Å². The van der Waals surface area contributed by atoms with Gasteiger partial charge >= 0.3 is 5.97 Å². The Hall–Kier alpha value is -3.47. The van der Waals surface area contributed by atoms with Crippen LogP contribution in [0.1, 0.15) is 15.9 Å². The first kappa shape index (κ1) is 16.4. The molecule has 0 saturated carbocycles. The van der Waals surface area contributed by atoms with Crippen LogP contribution in [-0.2, 0) is 0 Å². The summed E-state index contributed by atoms with van der Waals surface area (Å²) < 4.78 is 14.0. The van der Waals surface area contributed by atoms with Gasteiger partial charge in [0.2, 0.25) is 0 Å². The lowest BCUT2D eigenvalue weighted by molar-refractivity contribution is 0.0692. The third kappa shape index (κ3) is 3.90. The normalized spacial score (nSPS) is 10.8. The molecule has 0 atom stereocenters. The summed E-state index contributed by atoms with van der Waals surface area (Å²) in [5, 5.41) is 13.1. The molecule has 5 heteroatoms. The third-order valence-corrected chi connectivity index (χ3v) is 3.64. The average molecular weight is 334 g/mol. The molecule has 0 bridgehead atoms. The largest absolute Gasteiger partial charge is 0.478 e. The molecule has 0 aliphatic rings. The smallest absolute Gasteiger partial charge is 0.338 e. The number of nitrogens with one attached hydrogen (secondary N) is 1. The van der Waals surface area contributed by atoms with E-state index >= 15 is 0 Å². The lowest BCUT2D eigenvalue weighted by Crippen LogP contribution is -2.00. The Morgan fingerprint density at radius 1 is 1.00 bits per heavy atom. The maximum atomic E-state index is 14.0. The molecule has 124 valence electrons. The molecule has 0 saturated heterocycles. The molecule has 3 rings (SSSR count). The van der Waals surface area contributed by atoms with Gasteiger partial charge in [-0.1, -0.05) is 48.5 Å². The van der Waals surface area contributed by atoms with Crippen molar-refractivity contribution in [1.29, 1.82) is 0 Å². The van der Waals surface area contributed by atoms with Crippen LogP contribution in [0.2, 0.25) is 0 Å². The predicted molar refractivity (Wildman–Crippen MR) is 96.5 cm³/mol. The Morgan fingerprint density at radius 2 is 1.72 bits per heavy atom. The van der Waals surface area contributed by atoms with Gasteiger partial charge in [-0.15, -0.1) is 0 Å². The quantitative estimate of drug-likeness (QED) is 0.528. The van der Waals surface area contributed by atoms with Crippen molar-refractivity contribution in [3.8, 4) is 11.1 Å². The van der Waals surface area contributed by atoms with Crippen LogP contribution in [0.25, 0.3) is 11.1 Å². The number of nitrogens with zero attached hydrogens (tertiary/aromatic N) is 1. The molecule has 0 spiro atoms. The maximum Gasteiger partial charge on any atom is 0.338 e. The Balaban J connectivity index is 1.88. The van der Waals surface area contributed by atoms with Gasteiger partial charge in [-0.2, -0.15) is 5.10 Å². The number of hydrogen-bond acceptors (Lipinski definition) is 3. The molecular formula is C20H15FN2O2. The molecule has 0 heterocycles. The molecule has 0 aliphatic heterocycles. The topological polar surface area (TPSA) is 61.7 Å². The van der Waals surface area contributed by atoms with Crippen LogP contribution in [0.4, 0.5) is 10.1 Å². The molecule has 3 aromatic rings. The van der Waals surface area contributed by atoms with Crippen LogP contribution in [0.3, 0.4) is 0 Å². The summed E-state index contributed by atoms with van der Waals surface area (Å²) >= 11 is 0. The number of carboxylic acids is 1. The van der Waals surface area contributed by atoms with E-state index in [4.69, 9.17) is 5.11 Å². The van der Waals surface area contributed by atoms with Crippen molar-refractivity contribution in [2.75, 3.05) is 5.43 Å². The Morgan fingerprint density at radius 3 is 2.44 bits per heavy atom. The predicted octanol–water partition coefficient (Wildman–Crippen LogP) is 4.64. The van der Waals surface area contributed by atoms with Gasteiger partial charge in [0.1, 0.15) is 5.82 Å². The summed E-state index contributed by atoms with van der Waals surface area (Å²) in [6, 6.07) is 21.0. The van der Waals surface area contributed by atoms with E-state index in [2.05, 4.69) is 10.5 Å². The molecule has 0 unspecified atom stereocenters. The zero-order valence-electron chi connectivity index (χ0n) is 13.2. The minimum atomic E-state index is -1.29. The second-order valence-electron chi connectivity index (χ2n) is 5.32. The minimum absolute atomic E-state index is 0.347. The van der Waals surface area contributed by atoms with Gasteiger partial charge in [-0.25, -0.2) is 9.18 Å². The molecule has 0 radical (unpaired) electrons. The molecular weight excluding hydrogens is 319 g/mol. The molecule has 0 aromatic heterocycles. The molecule has 4 nitrogen and oxygen atoms in total. The number of carbonyl (C=O) groups is 1. The number of carboxylic acid groups (broad SMARTS) is 1. The number of hydrogen-bond donors (Lipinski definition) is 2. The van der Waals surface area contributed by atoms with Crippen molar-refractivity contribution < 1.29 is 14.3 Å². The van der Waals surface area contributed by atoms with Gasteiger partial charge < -0.3 is 5.11 Å². The lowest BCUT2D eigenvalue weighted by atomic mass is 9.99. The van der Waals surface area contributed by atoms with Gasteiger partial charge in [0.15, 0.2) is 0 Å². The van der Waals surface area contributed by atoms with Crippen molar-refractivity contribution in [3.63, 3.8) is 0 Å². The summed E-state index contributed by atoms with van der Waals surface area (Å²) in [6.07, 6.45) is 1.64. The summed E-state index contributed by atoms with van der Waals surface area (Å²) in [4.78, 5) is 10.9. The number of rotatable bonds is 5. The number of anilines is 1. The van der Waals surface area contributed by atoms with Crippen LogP contribution >= 0.6 is 0 Å². The minimum Gasteiger partial charge on any atom is -0.478 e. The summed E-state index contributed by atoms with van der Waals surface area (Å²) in [5.74, 6) is -2.05. The van der Waals surface area contributed by atoms with E-state index < -0.39 is 11.8 Å². The first-order chi connectivity index (χ1) is 12.1. The fourth-order valence-corrected chi connectivity index (χ4v) is 2.42. The van der Waals surface area contributed by atoms with E-state index in [9.17, 15) is 9.18 Å². The van der Waals surface area contributed by atoms with Crippen LogP contribution < -0.4 is 5.43 Å². The van der Waals surface area contributed by atoms with Gasteiger partial charge in [0.25, 0.3) is 0 Å². The molecule has 3 aromatic carbocycles. The summed E-state index contributed by atoms with van der Waals surface area (Å²) in [7, 11) is 0. The Kier molecular flexibility index (Phi) is 4.85. The van der Waals surface area contributed by atoms with E-state index in [0.717, 1.165) is 16.8 Å². The van der Waals surface area contributed by atoms with Crippen molar-refractivity contribution >= 4 is 17.9 Å². The standard InChI is InChI=1S/C20H15FN2O2/c21-19-12-14(10-11-18(19)20(24)25)17-9-5-4-6-15(17)13-22-23-16-7-2-1-3-8-16/h1-13,23H,(H,24,25). The second kappa shape index (κ2) is 7.40. The molecule has 2 N–H and O–H groups in total. The number of para-hydroxylation sites is 1. The number of halogens is 1. The Bertz CT molecular complexity index is 924. The molecule has 0 aliphatic carbocycles. The summed E-state index contributed by atoms with van der Waals surface area (Å²) in [6.45, 7) is 0. The van der Waals surface area contributed by atoms with Crippen LogP contribution in [0, 0.1) is 5.82 Å². The first-order valence-electron chi connectivity index (χ1n) is 7.61. The van der Waals surface area contributed by atoms with Crippen molar-refractivity contribution in [2.45, 2.75) is 0 Å². The van der Waals surface area contributed by atoms with Gasteiger partial charge in [-0.05, 0) is 35.4 Å². The second-order valence-corrected chi connectivity index (χ2v) is 5.32. The number of benzene rings is 3. The highest BCUT2D eigenvalue weighted by Gasteiger charge is 2.12. The van der Waals surface area contributed by atoms with Crippen LogP contribution in [0.5, 0.6) is 0 Å². The third-order valence-electron chi connectivity index (χ3n) is 3.64. The maximum absolute atomic E-state index is 14.0. The fourth-order valence-electron chi connectivity index (χ4n) is 2.42. The zero-order chi connectivity index (χ0) is 17.6. The average Bonchev–Trinajstić information content (AvgIpc) is 2.62. The van der Waals surface area contributed by atoms with E-state index in [1.165, 1.54) is 12.1 Å². The van der Waals surface area contributed by atoms with Gasteiger partial charge in [0.05, 0.1) is 17.5 Å². The highest BCUT2D eigenvalue weighted by atomic mass is 19.1. The lowest BCUT2D eigenvalue weighted by Gasteiger charge is -2.07. The van der Waals surface area contributed by atoms with Crippen molar-refractivity contribution in [1.82, 2.24) is 0 Å². The van der Waals surface area contributed by atoms with E-state index in [1.54, 1.807) is 12.3 Å². The SMILES string of the molecule is O=C(O)c1ccc(-c2ccccc2C=NNc2ccccc2)cc1F. The summed E-state index contributed by atoms with van der Waals surface area (Å²) in [5.41, 5.74) is 5.57. The van der Waals surface area contributed by atoms with Crippen LogP contribution in [0.15, 0.2) is 77.9 Å². The molecule has 0 amide bonds. The van der Waals surface area contributed by atoms with Crippen molar-refractivity contribution in [2.24, 2.45) is 5.10 Å². The van der Waals surface area contributed by atoms with E-state index in [-0.39, 0.29) is 5.56 Å². The first-order valence-corrected chi connectivity index (χ1v) is 7.61. The highest BCUT2D eigenvalue weighted by molar-refractivity contribution is 5.92. The van der Waals surface area contributed by atoms with E-state index in [1.807, 2.05) is 54.6 Å². The van der Waals surface area contributed by atoms with E-state index in [0.29, 0.717) is 5.56 Å². The van der Waals surface area contributed by atoms with Crippen LogP contribution in [-0.4, -0.2) is 17.3 Å². The fraction of sp³-hybridized carbons (Fsp3) is 0. The van der Waals surface area contributed by atoms with Crippen molar-refractivity contribution in [3.05, 3.63) is 89.7 Å². The van der Waals surface area contributed by atoms with Gasteiger partial charge in [-0.3, -0.25) is 5.43 Å². The molecule has 25 heavy (non-hydrogen) atoms. The number of aromatic carboxylic acids is 1. The zero-order valence-corrected chi connectivity index (χ0v) is 13.2. The molecule has 0 fully saturated rings. The number of hydrazone groups is 1. The highest BCUT2D eigenvalue weighted by Crippen LogP contribution is 2.25. The monoisotopic (exact) mass is 334 g/mol. The Labute approximate surface area is 144 Å².